The van der Waals surface area contributed by atoms with Gasteiger partial charge in [0.05, 0.1) is 4.90 Å². The second kappa shape index (κ2) is 9.75. The van der Waals surface area contributed by atoms with Gasteiger partial charge in [0, 0.05) is 37.5 Å². The molecule has 1 aliphatic rings. The molecule has 0 saturated carbocycles. The molecule has 31 heavy (non-hydrogen) atoms. The van der Waals surface area contributed by atoms with E-state index in [1.54, 1.807) is 25.1 Å². The number of nitrogens with one attached hydrogen (secondary N) is 1. The van der Waals surface area contributed by atoms with Crippen molar-refractivity contribution in [2.45, 2.75) is 57.4 Å². The number of aryl methyl sites for hydroxylation is 3. The number of nitrogens with zero attached hydrogens (tertiary/aromatic N) is 1. The quantitative estimate of drug-likeness (QED) is 0.665. The number of benzene rings is 2. The molecule has 1 N–H and O–H groups in total. The smallest absolute Gasteiger partial charge is 0.243 e. The van der Waals surface area contributed by atoms with Crippen molar-refractivity contribution in [3.8, 4) is 0 Å². The van der Waals surface area contributed by atoms with Gasteiger partial charge >= 0.3 is 0 Å². The molecule has 166 valence electrons. The second-order valence-corrected chi connectivity index (χ2v) is 10.2. The van der Waals surface area contributed by atoms with Crippen LogP contribution in [-0.2, 0) is 14.8 Å². The summed E-state index contributed by atoms with van der Waals surface area (Å²) in [4.78, 5) is 24.9. The van der Waals surface area contributed by atoms with Crippen LogP contribution in [0.1, 0.15) is 52.7 Å². The van der Waals surface area contributed by atoms with Crippen molar-refractivity contribution in [2.75, 3.05) is 13.1 Å². The van der Waals surface area contributed by atoms with Gasteiger partial charge in [-0.2, -0.15) is 4.31 Å². The maximum Gasteiger partial charge on any atom is 0.243 e. The molecule has 2 aromatic carbocycles. The first-order chi connectivity index (χ1) is 14.7. The van der Waals surface area contributed by atoms with E-state index in [0.717, 1.165) is 16.7 Å². The molecule has 2 aromatic rings. The molecule has 0 radical (unpaired) electrons. The van der Waals surface area contributed by atoms with E-state index in [-0.39, 0.29) is 30.6 Å². The van der Waals surface area contributed by atoms with Gasteiger partial charge in [-0.15, -0.1) is 0 Å². The Morgan fingerprint density at radius 1 is 0.935 bits per heavy atom. The van der Waals surface area contributed by atoms with Gasteiger partial charge in [0.2, 0.25) is 15.9 Å². The van der Waals surface area contributed by atoms with Crippen molar-refractivity contribution >= 4 is 21.7 Å². The average Bonchev–Trinajstić information content (AvgIpc) is 2.74. The normalized spacial score (nSPS) is 15.6. The van der Waals surface area contributed by atoms with Gasteiger partial charge in [0.25, 0.3) is 0 Å². The number of hydrogen-bond acceptors (Lipinski definition) is 4. The number of hydrogen-bond donors (Lipinski definition) is 1. The molecule has 0 atom stereocenters. The first-order valence-corrected chi connectivity index (χ1v) is 12.1. The lowest BCUT2D eigenvalue weighted by Crippen LogP contribution is -2.46. The standard InChI is InChI=1S/C24H30N2O4S/c1-17-5-8-20(9-6-17)22(27)10-11-24(28)25-21-12-14-26(15-13-21)31(29,30)23-16-18(2)4-7-19(23)3/h4-9,16,21H,10-15H2,1-3H3,(H,25,28). The Balaban J connectivity index is 1.49. The van der Waals surface area contributed by atoms with Gasteiger partial charge in [0.15, 0.2) is 5.78 Å². The molecule has 1 amide bonds. The van der Waals surface area contributed by atoms with Gasteiger partial charge < -0.3 is 5.32 Å². The van der Waals surface area contributed by atoms with Crippen molar-refractivity contribution < 1.29 is 18.0 Å². The molecular weight excluding hydrogens is 412 g/mol. The maximum atomic E-state index is 13.0. The fraction of sp³-hybridized carbons (Fsp3) is 0.417. The highest BCUT2D eigenvalue weighted by Gasteiger charge is 2.31. The molecule has 3 rings (SSSR count). The van der Waals surface area contributed by atoms with Crippen LogP contribution in [0.3, 0.4) is 0 Å². The fourth-order valence-corrected chi connectivity index (χ4v) is 5.55. The molecule has 1 saturated heterocycles. The van der Waals surface area contributed by atoms with E-state index in [1.807, 2.05) is 38.1 Å². The third-order valence-corrected chi connectivity index (χ3v) is 7.77. The molecular formula is C24H30N2O4S. The first kappa shape index (κ1) is 23.2. The minimum atomic E-state index is -3.55. The lowest BCUT2D eigenvalue weighted by Gasteiger charge is -2.32. The van der Waals surface area contributed by atoms with Gasteiger partial charge in [-0.1, -0.05) is 42.0 Å². The van der Waals surface area contributed by atoms with E-state index in [9.17, 15) is 18.0 Å². The van der Waals surface area contributed by atoms with Gasteiger partial charge in [-0.05, 0) is 50.8 Å². The molecule has 1 fully saturated rings. The molecule has 1 aliphatic heterocycles. The van der Waals surface area contributed by atoms with Gasteiger partial charge in [-0.25, -0.2) is 8.42 Å². The summed E-state index contributed by atoms with van der Waals surface area (Å²) in [6.07, 6.45) is 1.41. The predicted molar refractivity (Wildman–Crippen MR) is 121 cm³/mol. The monoisotopic (exact) mass is 442 g/mol. The third kappa shape index (κ3) is 5.80. The Kier molecular flexibility index (Phi) is 7.28. The number of sulfonamides is 1. The van der Waals surface area contributed by atoms with Crippen LogP contribution in [-0.4, -0.2) is 43.5 Å². The van der Waals surface area contributed by atoms with Gasteiger partial charge in [0.1, 0.15) is 0 Å². The minimum Gasteiger partial charge on any atom is -0.353 e. The van der Waals surface area contributed by atoms with E-state index >= 15 is 0 Å². The zero-order chi connectivity index (χ0) is 22.6. The molecule has 1 heterocycles. The summed E-state index contributed by atoms with van der Waals surface area (Å²) >= 11 is 0. The lowest BCUT2D eigenvalue weighted by molar-refractivity contribution is -0.122. The Morgan fingerprint density at radius 3 is 2.19 bits per heavy atom. The molecule has 7 heteroatoms. The number of piperidine rings is 1. The van der Waals surface area contributed by atoms with Crippen LogP contribution in [0, 0.1) is 20.8 Å². The Morgan fingerprint density at radius 2 is 1.55 bits per heavy atom. The Labute approximate surface area is 184 Å². The van der Waals surface area contributed by atoms with Crippen molar-refractivity contribution in [2.24, 2.45) is 0 Å². The van der Waals surface area contributed by atoms with E-state index in [4.69, 9.17) is 0 Å². The summed E-state index contributed by atoms with van der Waals surface area (Å²) in [6.45, 7) is 6.37. The zero-order valence-corrected chi connectivity index (χ0v) is 19.2. The summed E-state index contributed by atoms with van der Waals surface area (Å²) in [6, 6.07) is 12.7. The summed E-state index contributed by atoms with van der Waals surface area (Å²) in [7, 11) is -3.55. The topological polar surface area (TPSA) is 83.6 Å². The van der Waals surface area contributed by atoms with E-state index < -0.39 is 10.0 Å². The number of carbonyl (C=O) groups excluding carboxylic acids is 2. The highest BCUT2D eigenvalue weighted by molar-refractivity contribution is 7.89. The average molecular weight is 443 g/mol. The van der Waals surface area contributed by atoms with Gasteiger partial charge in [-0.3, -0.25) is 9.59 Å². The summed E-state index contributed by atoms with van der Waals surface area (Å²) in [5, 5.41) is 2.95. The van der Waals surface area contributed by atoms with Crippen LogP contribution in [0.25, 0.3) is 0 Å². The number of ketones is 1. The van der Waals surface area contributed by atoms with Crippen LogP contribution in [0.5, 0.6) is 0 Å². The van der Waals surface area contributed by atoms with Crippen molar-refractivity contribution in [3.05, 3.63) is 64.7 Å². The third-order valence-electron chi connectivity index (χ3n) is 5.73. The Hall–Kier alpha value is -2.51. The molecule has 6 nitrogen and oxygen atoms in total. The van der Waals surface area contributed by atoms with Crippen LogP contribution in [0.2, 0.25) is 0 Å². The molecule has 0 unspecified atom stereocenters. The fourth-order valence-electron chi connectivity index (χ4n) is 3.78. The highest BCUT2D eigenvalue weighted by atomic mass is 32.2. The zero-order valence-electron chi connectivity index (χ0n) is 18.3. The van der Waals surface area contributed by atoms with Crippen LogP contribution in [0.15, 0.2) is 47.4 Å². The minimum absolute atomic E-state index is 0.0513. The number of Topliss-reactive ketones (excluding diaryl/α,β-unsaturated/α-hetero) is 1. The maximum absolute atomic E-state index is 13.0. The van der Waals surface area contributed by atoms with E-state index in [1.165, 1.54) is 4.31 Å². The first-order valence-electron chi connectivity index (χ1n) is 10.6. The highest BCUT2D eigenvalue weighted by Crippen LogP contribution is 2.24. The van der Waals surface area contributed by atoms with Crippen molar-refractivity contribution in [1.82, 2.24) is 9.62 Å². The SMILES string of the molecule is Cc1ccc(C(=O)CCC(=O)NC2CCN(S(=O)(=O)c3cc(C)ccc3C)CC2)cc1. The summed E-state index contributed by atoms with van der Waals surface area (Å²) < 4.78 is 27.5. The largest absolute Gasteiger partial charge is 0.353 e. The van der Waals surface area contributed by atoms with E-state index in [0.29, 0.717) is 36.4 Å². The van der Waals surface area contributed by atoms with Crippen LogP contribution < -0.4 is 5.32 Å². The van der Waals surface area contributed by atoms with Crippen molar-refractivity contribution in [1.29, 1.82) is 0 Å². The molecule has 0 bridgehead atoms. The Bertz CT molecular complexity index is 1050. The number of rotatable bonds is 7. The predicted octanol–water partition coefficient (Wildman–Crippen LogP) is 3.54. The summed E-state index contributed by atoms with van der Waals surface area (Å²) in [5.41, 5.74) is 3.34. The number of carbonyl (C=O) groups is 2. The van der Waals surface area contributed by atoms with E-state index in [2.05, 4.69) is 5.32 Å². The second-order valence-electron chi connectivity index (χ2n) is 8.30. The molecule has 0 aliphatic carbocycles. The van der Waals surface area contributed by atoms with Crippen LogP contribution in [0.4, 0.5) is 0 Å². The summed E-state index contributed by atoms with van der Waals surface area (Å²) in [5.74, 6) is -0.221. The molecule has 0 spiro atoms. The van der Waals surface area contributed by atoms with Crippen molar-refractivity contribution in [3.63, 3.8) is 0 Å². The lowest BCUT2D eigenvalue weighted by atomic mass is 10.0. The van der Waals surface area contributed by atoms with Crippen LogP contribution >= 0.6 is 0 Å². The molecule has 0 aromatic heterocycles. The number of amides is 1.